The second kappa shape index (κ2) is 9.53. The van der Waals surface area contributed by atoms with E-state index in [0.29, 0.717) is 22.1 Å². The summed E-state index contributed by atoms with van der Waals surface area (Å²) < 4.78 is 48.9. The molecule has 5 rings (SSSR count). The molecule has 2 aromatic heterocycles. The standard InChI is InChI=1S/C26H25F2N3O4S/c1-15-19-11-8-17(34-25-21(27)6-4-12-30-25)14-23(19)35-26(32)20(15)13-16-5-3-7-22(24(16)28)31-36(29,33-2)18-9-10-18/h3-8,11-12,14,18,31H,9-10,13,29H2,1-2H3. The maximum atomic E-state index is 15.4. The van der Waals surface area contributed by atoms with Gasteiger partial charge in [0.15, 0.2) is 11.6 Å². The molecule has 1 saturated carbocycles. The Morgan fingerprint density at radius 3 is 2.72 bits per heavy atom. The molecule has 1 aliphatic carbocycles. The molecular weight excluding hydrogens is 488 g/mol. The summed E-state index contributed by atoms with van der Waals surface area (Å²) in [7, 11) is -0.609. The fourth-order valence-electron chi connectivity index (χ4n) is 4.04. The summed E-state index contributed by atoms with van der Waals surface area (Å²) in [4.78, 5) is 16.8. The second-order valence-corrected chi connectivity index (χ2v) is 11.1. The number of aromatic nitrogens is 1. The molecular formula is C26H25F2N3O4S. The van der Waals surface area contributed by atoms with E-state index in [-0.39, 0.29) is 34.6 Å². The quantitative estimate of drug-likeness (QED) is 0.284. The molecule has 0 aliphatic heterocycles. The van der Waals surface area contributed by atoms with Crippen molar-refractivity contribution in [2.75, 3.05) is 11.8 Å². The van der Waals surface area contributed by atoms with Gasteiger partial charge in [0.25, 0.3) is 5.88 Å². The molecule has 0 saturated heterocycles. The highest BCUT2D eigenvalue weighted by Crippen LogP contribution is 2.56. The first-order valence-electron chi connectivity index (χ1n) is 11.3. The van der Waals surface area contributed by atoms with E-state index < -0.39 is 27.9 Å². The van der Waals surface area contributed by atoms with E-state index in [1.807, 2.05) is 0 Å². The number of aryl methyl sites for hydroxylation is 1. The zero-order chi connectivity index (χ0) is 25.4. The lowest BCUT2D eigenvalue weighted by atomic mass is 9.99. The van der Waals surface area contributed by atoms with Crippen LogP contribution >= 0.6 is 10.7 Å². The third-order valence-corrected chi connectivity index (χ3v) is 8.76. The topological polar surface area (TPSA) is 99.6 Å². The van der Waals surface area contributed by atoms with E-state index >= 15 is 4.39 Å². The number of nitrogens with one attached hydrogen (secondary N) is 1. The number of halogens is 2. The summed E-state index contributed by atoms with van der Waals surface area (Å²) in [5.74, 6) is -1.02. The Balaban J connectivity index is 1.44. The highest BCUT2D eigenvalue weighted by Gasteiger charge is 2.39. The van der Waals surface area contributed by atoms with Crippen LogP contribution in [0, 0.1) is 18.6 Å². The van der Waals surface area contributed by atoms with Gasteiger partial charge >= 0.3 is 5.63 Å². The summed E-state index contributed by atoms with van der Waals surface area (Å²) in [6, 6.07) is 12.5. The Bertz CT molecular complexity index is 1510. The molecule has 0 bridgehead atoms. The molecule has 2 aromatic carbocycles. The van der Waals surface area contributed by atoms with Crippen LogP contribution < -0.4 is 20.2 Å². The first-order chi connectivity index (χ1) is 17.3. The van der Waals surface area contributed by atoms with E-state index in [4.69, 9.17) is 18.5 Å². The molecule has 188 valence electrons. The number of benzene rings is 2. The molecule has 36 heavy (non-hydrogen) atoms. The highest BCUT2D eigenvalue weighted by atomic mass is 32.3. The minimum absolute atomic E-state index is 0.0339. The molecule has 1 unspecified atom stereocenters. The fourth-order valence-corrected chi connectivity index (χ4v) is 5.90. The smallest absolute Gasteiger partial charge is 0.340 e. The van der Waals surface area contributed by atoms with E-state index in [0.717, 1.165) is 12.8 Å². The number of rotatable bonds is 8. The molecule has 1 fully saturated rings. The lowest BCUT2D eigenvalue weighted by Crippen LogP contribution is -2.26. The lowest BCUT2D eigenvalue weighted by molar-refractivity contribution is 0.422. The van der Waals surface area contributed by atoms with Crippen molar-refractivity contribution >= 4 is 27.3 Å². The zero-order valence-corrected chi connectivity index (χ0v) is 20.5. The second-order valence-electron chi connectivity index (χ2n) is 8.61. The van der Waals surface area contributed by atoms with Crippen LogP contribution in [0.1, 0.15) is 29.5 Å². The number of pyridine rings is 1. The monoisotopic (exact) mass is 513 g/mol. The molecule has 10 heteroatoms. The molecule has 0 amide bonds. The van der Waals surface area contributed by atoms with Crippen molar-refractivity contribution in [3.05, 3.63) is 93.5 Å². The number of nitrogens with two attached hydrogens (primary N) is 1. The summed E-state index contributed by atoms with van der Waals surface area (Å²) in [6.45, 7) is 1.78. The van der Waals surface area contributed by atoms with Crippen molar-refractivity contribution in [1.82, 2.24) is 4.98 Å². The highest BCUT2D eigenvalue weighted by molar-refractivity contribution is 8.29. The van der Waals surface area contributed by atoms with Gasteiger partial charge in [-0.05, 0) is 71.9 Å². The molecule has 7 nitrogen and oxygen atoms in total. The van der Waals surface area contributed by atoms with Crippen LogP contribution in [0.5, 0.6) is 11.6 Å². The van der Waals surface area contributed by atoms with Crippen molar-refractivity contribution in [3.8, 4) is 11.6 Å². The molecule has 1 atom stereocenters. The fraction of sp³-hybridized carbons (Fsp3) is 0.231. The van der Waals surface area contributed by atoms with Gasteiger partial charge in [0.05, 0.1) is 12.8 Å². The number of hydrogen-bond acceptors (Lipinski definition) is 7. The van der Waals surface area contributed by atoms with Gasteiger partial charge < -0.3 is 18.1 Å². The number of fused-ring (bicyclic) bond motifs is 1. The van der Waals surface area contributed by atoms with E-state index in [1.54, 1.807) is 37.3 Å². The summed E-state index contributed by atoms with van der Waals surface area (Å²) >= 11 is 0. The van der Waals surface area contributed by atoms with E-state index in [2.05, 4.69) is 9.71 Å². The third kappa shape index (κ3) is 4.67. The zero-order valence-electron chi connectivity index (χ0n) is 19.7. The van der Waals surface area contributed by atoms with Crippen LogP contribution in [0.15, 0.2) is 63.9 Å². The molecule has 3 N–H and O–H groups in total. The van der Waals surface area contributed by atoms with E-state index in [1.165, 1.54) is 31.5 Å². The summed E-state index contributed by atoms with van der Waals surface area (Å²) in [6.07, 6.45) is 3.33. The SMILES string of the molecule is COS(N)(Nc1cccc(Cc2c(C)c3ccc(Oc4ncccc4F)cc3oc2=O)c1F)C1CC1. The maximum absolute atomic E-state index is 15.4. The minimum Gasteiger partial charge on any atom is -0.436 e. The van der Waals surface area contributed by atoms with Crippen molar-refractivity contribution in [2.45, 2.75) is 31.4 Å². The predicted octanol–water partition coefficient (Wildman–Crippen LogP) is 5.89. The van der Waals surface area contributed by atoms with Crippen LogP contribution in [0.4, 0.5) is 14.5 Å². The number of nitrogens with zero attached hydrogens (tertiary/aromatic N) is 1. The number of anilines is 1. The van der Waals surface area contributed by atoms with Crippen molar-refractivity contribution in [1.29, 1.82) is 0 Å². The molecule has 4 aromatic rings. The average Bonchev–Trinajstić information content (AvgIpc) is 3.71. The Morgan fingerprint density at radius 2 is 2.00 bits per heavy atom. The molecule has 1 aliphatic rings. The molecule has 0 radical (unpaired) electrons. The Morgan fingerprint density at radius 1 is 1.19 bits per heavy atom. The largest absolute Gasteiger partial charge is 0.436 e. The van der Waals surface area contributed by atoms with Crippen LogP contribution in [0.3, 0.4) is 0 Å². The normalized spacial score (nSPS) is 15.9. The Hall–Kier alpha value is -3.47. The van der Waals surface area contributed by atoms with Crippen LogP contribution in [0.25, 0.3) is 11.0 Å². The summed E-state index contributed by atoms with van der Waals surface area (Å²) in [5.41, 5.74) is 1.24. The first kappa shape index (κ1) is 24.2. The van der Waals surface area contributed by atoms with Gasteiger partial charge in [0, 0.05) is 34.9 Å². The van der Waals surface area contributed by atoms with Crippen molar-refractivity contribution < 1.29 is 22.1 Å². The van der Waals surface area contributed by atoms with Gasteiger partial charge in [0.2, 0.25) is 0 Å². The maximum Gasteiger partial charge on any atom is 0.340 e. The predicted molar refractivity (Wildman–Crippen MR) is 136 cm³/mol. The molecule has 2 heterocycles. The summed E-state index contributed by atoms with van der Waals surface area (Å²) in [5, 5.41) is 7.21. The Kier molecular flexibility index (Phi) is 6.42. The number of ether oxygens (including phenoxy) is 1. The number of hydrogen-bond donors (Lipinski definition) is 2. The first-order valence-corrected chi connectivity index (χ1v) is 13.0. The van der Waals surface area contributed by atoms with Gasteiger partial charge in [-0.15, -0.1) is 0 Å². The van der Waals surface area contributed by atoms with Crippen molar-refractivity contribution in [2.24, 2.45) is 5.14 Å². The van der Waals surface area contributed by atoms with Crippen LogP contribution in [-0.2, 0) is 10.6 Å². The van der Waals surface area contributed by atoms with Crippen molar-refractivity contribution in [3.63, 3.8) is 0 Å². The Labute approximate surface area is 208 Å². The van der Waals surface area contributed by atoms with E-state index in [9.17, 15) is 9.18 Å². The van der Waals surface area contributed by atoms with Crippen LogP contribution in [0.2, 0.25) is 0 Å². The lowest BCUT2D eigenvalue weighted by Gasteiger charge is -2.35. The third-order valence-electron chi connectivity index (χ3n) is 6.21. The van der Waals surface area contributed by atoms with Gasteiger partial charge in [-0.2, -0.15) is 0 Å². The van der Waals surface area contributed by atoms with Crippen LogP contribution in [-0.4, -0.2) is 17.3 Å². The molecule has 0 spiro atoms. The van der Waals surface area contributed by atoms with Gasteiger partial charge in [-0.1, -0.05) is 12.1 Å². The van der Waals surface area contributed by atoms with Gasteiger partial charge in [0.1, 0.15) is 11.3 Å². The minimum atomic E-state index is -2.13. The average molecular weight is 514 g/mol. The van der Waals surface area contributed by atoms with Gasteiger partial charge in [-0.3, -0.25) is 5.14 Å². The van der Waals surface area contributed by atoms with Gasteiger partial charge in [-0.25, -0.2) is 18.6 Å².